The maximum Gasteiger partial charge on any atom is 0.262 e. The zero-order chi connectivity index (χ0) is 21.2. The van der Waals surface area contributed by atoms with Crippen molar-refractivity contribution in [1.82, 2.24) is 18.2 Å². The Morgan fingerprint density at radius 1 is 0.897 bits per heavy atom. The second kappa shape index (κ2) is 8.30. The van der Waals surface area contributed by atoms with Gasteiger partial charge in [0, 0.05) is 45.5 Å². The van der Waals surface area contributed by atoms with E-state index in [0.29, 0.717) is 17.9 Å². The van der Waals surface area contributed by atoms with E-state index < -0.39 is 20.0 Å². The highest BCUT2D eigenvalue weighted by molar-refractivity contribution is 7.89. The molecule has 0 aliphatic carbocycles. The van der Waals surface area contributed by atoms with Gasteiger partial charge in [0.1, 0.15) is 0 Å². The summed E-state index contributed by atoms with van der Waals surface area (Å²) in [4.78, 5) is 3.99. The molecule has 1 aromatic heterocycles. The van der Waals surface area contributed by atoms with Gasteiger partial charge in [-0.25, -0.2) is 21.8 Å². The van der Waals surface area contributed by atoms with Crippen LogP contribution in [0, 0.1) is 0 Å². The normalized spacial score (nSPS) is 17.1. The van der Waals surface area contributed by atoms with Crippen molar-refractivity contribution in [3.63, 3.8) is 0 Å². The molecule has 3 rings (SSSR count). The quantitative estimate of drug-likeness (QED) is 0.639. The van der Waals surface area contributed by atoms with Crippen LogP contribution in [0.4, 0.5) is 0 Å². The molecule has 12 heteroatoms. The third-order valence-corrected chi connectivity index (χ3v) is 8.37. The Morgan fingerprint density at radius 2 is 1.52 bits per heavy atom. The number of hydrogen-bond donors (Lipinski definition) is 0. The van der Waals surface area contributed by atoms with Crippen LogP contribution in [0.5, 0.6) is 11.5 Å². The van der Waals surface area contributed by atoms with E-state index in [1.54, 1.807) is 11.6 Å². The first-order chi connectivity index (χ1) is 13.7. The van der Waals surface area contributed by atoms with Gasteiger partial charge in [0.15, 0.2) is 16.5 Å². The van der Waals surface area contributed by atoms with Crippen LogP contribution in [0.2, 0.25) is 0 Å². The Bertz CT molecular complexity index is 1080. The first-order valence-electron chi connectivity index (χ1n) is 8.90. The predicted octanol–water partition coefficient (Wildman–Crippen LogP) is 0.523. The molecule has 0 unspecified atom stereocenters. The summed E-state index contributed by atoms with van der Waals surface area (Å²) >= 11 is 0. The van der Waals surface area contributed by atoms with E-state index in [4.69, 9.17) is 9.47 Å². The number of ether oxygens (including phenoxy) is 2. The van der Waals surface area contributed by atoms with Crippen LogP contribution in [0.1, 0.15) is 6.42 Å². The molecule has 1 aliphatic heterocycles. The standard InChI is InChI=1S/C17H24N4O6S2/c1-19-12-17(18-13-19)29(24,25)21-8-4-7-20(9-10-21)28(22,23)14-5-6-15(26-2)16(11-14)27-3/h5-6,11-13H,4,7-10H2,1-3H3. The summed E-state index contributed by atoms with van der Waals surface area (Å²) in [6.07, 6.45) is 3.22. The number of rotatable bonds is 6. The Kier molecular flexibility index (Phi) is 6.17. The summed E-state index contributed by atoms with van der Waals surface area (Å²) in [6.45, 7) is 0.524. The molecule has 1 aromatic carbocycles. The number of benzene rings is 1. The summed E-state index contributed by atoms with van der Waals surface area (Å²) in [5.74, 6) is 0.734. The van der Waals surface area contributed by atoms with Gasteiger partial charge in [-0.3, -0.25) is 0 Å². The molecule has 0 atom stereocenters. The van der Waals surface area contributed by atoms with Crippen LogP contribution in [0.3, 0.4) is 0 Å². The zero-order valence-corrected chi connectivity index (χ0v) is 18.1. The number of sulfonamides is 2. The van der Waals surface area contributed by atoms with E-state index in [1.165, 1.54) is 53.6 Å². The van der Waals surface area contributed by atoms with Gasteiger partial charge in [0.05, 0.1) is 25.4 Å². The van der Waals surface area contributed by atoms with Crippen LogP contribution < -0.4 is 9.47 Å². The highest BCUT2D eigenvalue weighted by Crippen LogP contribution is 2.31. The van der Waals surface area contributed by atoms with Gasteiger partial charge < -0.3 is 14.0 Å². The molecule has 1 fully saturated rings. The fourth-order valence-corrected chi connectivity index (χ4v) is 6.05. The second-order valence-corrected chi connectivity index (χ2v) is 10.4. The molecule has 29 heavy (non-hydrogen) atoms. The third-order valence-electron chi connectivity index (χ3n) is 4.69. The van der Waals surface area contributed by atoms with Gasteiger partial charge in [-0.05, 0) is 18.6 Å². The molecular weight excluding hydrogens is 420 g/mol. The SMILES string of the molecule is COc1ccc(S(=O)(=O)N2CCCN(S(=O)(=O)c3cn(C)cn3)CC2)cc1OC. The highest BCUT2D eigenvalue weighted by atomic mass is 32.2. The summed E-state index contributed by atoms with van der Waals surface area (Å²) < 4.78 is 66.2. The monoisotopic (exact) mass is 444 g/mol. The van der Waals surface area contributed by atoms with E-state index in [-0.39, 0.29) is 36.1 Å². The van der Waals surface area contributed by atoms with Crippen molar-refractivity contribution in [2.75, 3.05) is 40.4 Å². The summed E-state index contributed by atoms with van der Waals surface area (Å²) in [5.41, 5.74) is 0. The fourth-order valence-electron chi connectivity index (χ4n) is 3.13. The minimum atomic E-state index is -3.82. The van der Waals surface area contributed by atoms with Crippen LogP contribution >= 0.6 is 0 Å². The number of hydrogen-bond acceptors (Lipinski definition) is 7. The van der Waals surface area contributed by atoms with Crippen molar-refractivity contribution in [3.05, 3.63) is 30.7 Å². The van der Waals surface area contributed by atoms with Crippen molar-refractivity contribution in [2.24, 2.45) is 7.05 Å². The van der Waals surface area contributed by atoms with E-state index in [1.807, 2.05) is 0 Å². The van der Waals surface area contributed by atoms with Crippen LogP contribution in [0.15, 0.2) is 40.6 Å². The van der Waals surface area contributed by atoms with Gasteiger partial charge in [0.25, 0.3) is 10.0 Å². The largest absolute Gasteiger partial charge is 0.493 e. The Balaban J connectivity index is 1.81. The molecule has 1 aliphatic rings. The first kappa shape index (κ1) is 21.6. The molecule has 2 aromatic rings. The average molecular weight is 445 g/mol. The lowest BCUT2D eigenvalue weighted by molar-refractivity contribution is 0.353. The minimum Gasteiger partial charge on any atom is -0.493 e. The lowest BCUT2D eigenvalue weighted by Crippen LogP contribution is -2.37. The van der Waals surface area contributed by atoms with Crippen molar-refractivity contribution in [2.45, 2.75) is 16.3 Å². The van der Waals surface area contributed by atoms with Crippen molar-refractivity contribution in [1.29, 1.82) is 0 Å². The van der Waals surface area contributed by atoms with E-state index in [0.717, 1.165) is 0 Å². The molecule has 10 nitrogen and oxygen atoms in total. The number of methoxy groups -OCH3 is 2. The van der Waals surface area contributed by atoms with Crippen molar-refractivity contribution in [3.8, 4) is 11.5 Å². The average Bonchev–Trinajstić information content (AvgIpc) is 2.99. The summed E-state index contributed by atoms with van der Waals surface area (Å²) in [7, 11) is -3.00. The summed E-state index contributed by atoms with van der Waals surface area (Å²) in [5, 5.41) is -0.0452. The molecule has 0 spiro atoms. The van der Waals surface area contributed by atoms with E-state index in [2.05, 4.69) is 4.98 Å². The van der Waals surface area contributed by atoms with Gasteiger partial charge in [-0.2, -0.15) is 8.61 Å². The van der Waals surface area contributed by atoms with Gasteiger partial charge in [0.2, 0.25) is 10.0 Å². The van der Waals surface area contributed by atoms with Crippen LogP contribution in [0.25, 0.3) is 0 Å². The fraction of sp³-hybridized carbons (Fsp3) is 0.471. The minimum absolute atomic E-state index is 0.0444. The molecule has 0 saturated carbocycles. The lowest BCUT2D eigenvalue weighted by Gasteiger charge is -2.21. The van der Waals surface area contributed by atoms with E-state index >= 15 is 0 Å². The maximum atomic E-state index is 13.1. The maximum absolute atomic E-state index is 13.1. The number of aromatic nitrogens is 2. The van der Waals surface area contributed by atoms with Crippen molar-refractivity contribution < 1.29 is 26.3 Å². The predicted molar refractivity (Wildman–Crippen MR) is 105 cm³/mol. The number of nitrogens with zero attached hydrogens (tertiary/aromatic N) is 4. The van der Waals surface area contributed by atoms with Crippen molar-refractivity contribution >= 4 is 20.0 Å². The molecular formula is C17H24N4O6S2. The zero-order valence-electron chi connectivity index (χ0n) is 16.5. The second-order valence-electron chi connectivity index (χ2n) is 6.56. The first-order valence-corrected chi connectivity index (χ1v) is 11.8. The molecule has 2 heterocycles. The molecule has 0 radical (unpaired) electrons. The van der Waals surface area contributed by atoms with Crippen LogP contribution in [-0.4, -0.2) is 75.4 Å². The van der Waals surface area contributed by atoms with Gasteiger partial charge in [-0.15, -0.1) is 0 Å². The Morgan fingerprint density at radius 3 is 2.07 bits per heavy atom. The molecule has 0 N–H and O–H groups in total. The topological polar surface area (TPSA) is 111 Å². The number of aryl methyl sites for hydroxylation is 1. The number of imidazole rings is 1. The highest BCUT2D eigenvalue weighted by Gasteiger charge is 2.33. The molecule has 1 saturated heterocycles. The Hall–Kier alpha value is -2.15. The summed E-state index contributed by atoms with van der Waals surface area (Å²) in [6, 6.07) is 4.38. The van der Waals surface area contributed by atoms with Gasteiger partial charge in [-0.1, -0.05) is 0 Å². The molecule has 0 amide bonds. The smallest absolute Gasteiger partial charge is 0.262 e. The molecule has 160 valence electrons. The molecule has 0 bridgehead atoms. The van der Waals surface area contributed by atoms with E-state index in [9.17, 15) is 16.8 Å². The Labute approximate surface area is 170 Å². The lowest BCUT2D eigenvalue weighted by atomic mass is 10.3. The van der Waals surface area contributed by atoms with Crippen LogP contribution in [-0.2, 0) is 27.1 Å². The third kappa shape index (κ3) is 4.25. The van der Waals surface area contributed by atoms with Gasteiger partial charge >= 0.3 is 0 Å².